The van der Waals surface area contributed by atoms with Crippen LogP contribution in [0.4, 0.5) is 0 Å². The molecule has 3 heteroatoms. The lowest BCUT2D eigenvalue weighted by Crippen LogP contribution is -2.10. The molecule has 9 heavy (non-hydrogen) atoms. The number of hydrogen-bond acceptors (Lipinski definition) is 2. The van der Waals surface area contributed by atoms with Crippen molar-refractivity contribution >= 4 is 17.2 Å². The Morgan fingerprint density at radius 3 is 3.00 bits per heavy atom. The van der Waals surface area contributed by atoms with Gasteiger partial charge in [0.2, 0.25) is 0 Å². The molecule has 1 aromatic rings. The average molecular weight is 141 g/mol. The highest BCUT2D eigenvalue weighted by Gasteiger charge is 1.93. The first kappa shape index (κ1) is 6.29. The Labute approximate surface area is 58.7 Å². The predicted molar refractivity (Wildman–Crippen MR) is 39.2 cm³/mol. The van der Waals surface area contributed by atoms with Crippen LogP contribution in [0, 0.1) is 0 Å². The van der Waals surface area contributed by atoms with Gasteiger partial charge >= 0.3 is 0 Å². The number of thiocarbonyl (C=S) groups is 1. The predicted octanol–water partition coefficient (Wildman–Crippen LogP) is 1.11. The summed E-state index contributed by atoms with van der Waals surface area (Å²) in [4.78, 5) is 0.497. The van der Waals surface area contributed by atoms with Gasteiger partial charge in [0.15, 0.2) is 0 Å². The third-order valence-corrected chi connectivity index (χ3v) is 1.10. The summed E-state index contributed by atoms with van der Waals surface area (Å²) in [5.74, 6) is 0. The highest BCUT2D eigenvalue weighted by Crippen LogP contribution is 1.99. The summed E-state index contributed by atoms with van der Waals surface area (Å²) in [6.45, 7) is 0. The van der Waals surface area contributed by atoms with Crippen LogP contribution < -0.4 is 5.73 Å². The molecule has 0 spiro atoms. The highest BCUT2D eigenvalue weighted by molar-refractivity contribution is 7.80. The molecule has 0 amide bonds. The zero-order chi connectivity index (χ0) is 6.69. The van der Waals surface area contributed by atoms with E-state index in [4.69, 9.17) is 10.2 Å². The van der Waals surface area contributed by atoms with Crippen LogP contribution in [0.25, 0.3) is 0 Å². The van der Waals surface area contributed by atoms with E-state index < -0.39 is 0 Å². The molecule has 0 aliphatic rings. The van der Waals surface area contributed by atoms with Gasteiger partial charge in [0.25, 0.3) is 0 Å². The van der Waals surface area contributed by atoms with Gasteiger partial charge < -0.3 is 10.2 Å². The minimum Gasteiger partial charge on any atom is -0.472 e. The topological polar surface area (TPSA) is 39.2 Å². The van der Waals surface area contributed by atoms with E-state index in [0.717, 1.165) is 5.56 Å². The standard InChI is InChI=1S/C6H7NOS/c7-6(9)3-5-1-2-8-4-5/h1-2,4H,3H2,(H2,7,9). The molecule has 0 atom stereocenters. The molecule has 1 rings (SSSR count). The van der Waals surface area contributed by atoms with Gasteiger partial charge in [-0.05, 0) is 11.6 Å². The second-order valence-electron chi connectivity index (χ2n) is 1.77. The van der Waals surface area contributed by atoms with Crippen LogP contribution in [-0.4, -0.2) is 4.99 Å². The largest absolute Gasteiger partial charge is 0.472 e. The smallest absolute Gasteiger partial charge is 0.0938 e. The third kappa shape index (κ3) is 1.85. The quantitative estimate of drug-likeness (QED) is 0.627. The van der Waals surface area contributed by atoms with E-state index in [2.05, 4.69) is 12.2 Å². The first-order chi connectivity index (χ1) is 4.29. The van der Waals surface area contributed by atoms with E-state index in [9.17, 15) is 0 Å². The van der Waals surface area contributed by atoms with Crippen LogP contribution in [0.1, 0.15) is 5.56 Å². The van der Waals surface area contributed by atoms with Crippen molar-refractivity contribution in [3.63, 3.8) is 0 Å². The first-order valence-electron chi connectivity index (χ1n) is 2.58. The summed E-state index contributed by atoms with van der Waals surface area (Å²) in [7, 11) is 0. The second kappa shape index (κ2) is 2.64. The third-order valence-electron chi connectivity index (χ3n) is 0.958. The van der Waals surface area contributed by atoms with Gasteiger partial charge in [0, 0.05) is 6.42 Å². The molecular formula is C6H7NOS. The van der Waals surface area contributed by atoms with Gasteiger partial charge in [-0.15, -0.1) is 0 Å². The minimum atomic E-state index is 0.497. The average Bonchev–Trinajstić information content (AvgIpc) is 2.15. The molecule has 0 unspecified atom stereocenters. The Morgan fingerprint density at radius 2 is 2.56 bits per heavy atom. The summed E-state index contributed by atoms with van der Waals surface area (Å²) in [5, 5.41) is 0. The maximum Gasteiger partial charge on any atom is 0.0938 e. The van der Waals surface area contributed by atoms with Crippen LogP contribution in [0.3, 0.4) is 0 Å². The number of hydrogen-bond donors (Lipinski definition) is 1. The van der Waals surface area contributed by atoms with Crippen molar-refractivity contribution in [3.05, 3.63) is 24.2 Å². The van der Waals surface area contributed by atoms with E-state index >= 15 is 0 Å². The van der Waals surface area contributed by atoms with Gasteiger partial charge in [-0.3, -0.25) is 0 Å². The first-order valence-corrected chi connectivity index (χ1v) is 2.99. The van der Waals surface area contributed by atoms with Gasteiger partial charge in [0.05, 0.1) is 17.5 Å². The van der Waals surface area contributed by atoms with Crippen LogP contribution in [0.2, 0.25) is 0 Å². The fourth-order valence-corrected chi connectivity index (χ4v) is 0.761. The van der Waals surface area contributed by atoms with E-state index in [1.54, 1.807) is 12.5 Å². The number of furan rings is 1. The molecule has 0 aromatic carbocycles. The fraction of sp³-hybridized carbons (Fsp3) is 0.167. The van der Waals surface area contributed by atoms with Gasteiger partial charge in [-0.2, -0.15) is 0 Å². The van der Waals surface area contributed by atoms with Crippen molar-refractivity contribution in [2.45, 2.75) is 6.42 Å². The molecule has 0 saturated heterocycles. The Bertz CT molecular complexity index is 193. The lowest BCUT2D eigenvalue weighted by molar-refractivity contribution is 0.565. The van der Waals surface area contributed by atoms with Crippen molar-refractivity contribution < 1.29 is 4.42 Å². The van der Waals surface area contributed by atoms with E-state index in [-0.39, 0.29) is 0 Å². The summed E-state index contributed by atoms with van der Waals surface area (Å²) < 4.78 is 4.80. The number of rotatable bonds is 2. The van der Waals surface area contributed by atoms with Crippen molar-refractivity contribution in [2.75, 3.05) is 0 Å². The highest BCUT2D eigenvalue weighted by atomic mass is 32.1. The van der Waals surface area contributed by atoms with E-state index in [0.29, 0.717) is 11.4 Å². The monoisotopic (exact) mass is 141 g/mol. The van der Waals surface area contributed by atoms with Crippen LogP contribution in [-0.2, 0) is 6.42 Å². The molecule has 1 aromatic heterocycles. The Balaban J connectivity index is 2.58. The maximum atomic E-state index is 5.27. The van der Waals surface area contributed by atoms with Gasteiger partial charge in [0.1, 0.15) is 0 Å². The zero-order valence-electron chi connectivity index (χ0n) is 4.83. The molecule has 48 valence electrons. The second-order valence-corrected chi connectivity index (χ2v) is 2.30. The zero-order valence-corrected chi connectivity index (χ0v) is 5.65. The maximum absolute atomic E-state index is 5.27. The molecule has 2 N–H and O–H groups in total. The SMILES string of the molecule is NC(=S)Cc1ccoc1. The van der Waals surface area contributed by atoms with Crippen LogP contribution in [0.15, 0.2) is 23.0 Å². The van der Waals surface area contributed by atoms with E-state index in [1.165, 1.54) is 0 Å². The summed E-state index contributed by atoms with van der Waals surface area (Å²) in [5.41, 5.74) is 6.30. The fourth-order valence-electron chi connectivity index (χ4n) is 0.594. The summed E-state index contributed by atoms with van der Waals surface area (Å²) in [6.07, 6.45) is 3.87. The molecule has 0 radical (unpaired) electrons. The van der Waals surface area contributed by atoms with Gasteiger partial charge in [-0.25, -0.2) is 0 Å². The molecule has 0 bridgehead atoms. The van der Waals surface area contributed by atoms with Crippen molar-refractivity contribution in [2.24, 2.45) is 5.73 Å². The Hall–Kier alpha value is -0.830. The molecule has 0 aliphatic heterocycles. The van der Waals surface area contributed by atoms with Crippen LogP contribution >= 0.6 is 12.2 Å². The molecular weight excluding hydrogens is 134 g/mol. The lowest BCUT2D eigenvalue weighted by Gasteiger charge is -1.89. The summed E-state index contributed by atoms with van der Waals surface area (Å²) >= 11 is 4.68. The van der Waals surface area contributed by atoms with E-state index in [1.807, 2.05) is 6.07 Å². The molecule has 0 saturated carbocycles. The van der Waals surface area contributed by atoms with Crippen molar-refractivity contribution in [1.29, 1.82) is 0 Å². The van der Waals surface area contributed by atoms with Crippen molar-refractivity contribution in [3.8, 4) is 0 Å². The van der Waals surface area contributed by atoms with Crippen LogP contribution in [0.5, 0.6) is 0 Å². The normalized spacial score (nSPS) is 9.33. The Morgan fingerprint density at radius 1 is 1.78 bits per heavy atom. The number of nitrogens with two attached hydrogens (primary N) is 1. The van der Waals surface area contributed by atoms with Gasteiger partial charge in [-0.1, -0.05) is 12.2 Å². The Kier molecular flexibility index (Phi) is 1.85. The molecule has 1 heterocycles. The lowest BCUT2D eigenvalue weighted by atomic mass is 10.2. The minimum absolute atomic E-state index is 0.497. The molecule has 0 fully saturated rings. The van der Waals surface area contributed by atoms with Crippen molar-refractivity contribution in [1.82, 2.24) is 0 Å². The summed E-state index contributed by atoms with van der Waals surface area (Å²) in [6, 6.07) is 1.85. The molecule has 0 aliphatic carbocycles. The molecule has 2 nitrogen and oxygen atoms in total.